The molecule has 0 aliphatic rings. The van der Waals surface area contributed by atoms with E-state index in [1.165, 1.54) is 0 Å². The van der Waals surface area contributed by atoms with Gasteiger partial charge in [-0.1, -0.05) is 51.4 Å². The van der Waals surface area contributed by atoms with Crippen LogP contribution in [0.25, 0.3) is 0 Å². The second-order valence-corrected chi connectivity index (χ2v) is 6.72. The lowest BCUT2D eigenvalue weighted by Crippen LogP contribution is -2.25. The fraction of sp³-hybridized carbons (Fsp3) is 0.947. The summed E-state index contributed by atoms with van der Waals surface area (Å²) in [5.41, 5.74) is 0. The molecule has 0 saturated carbocycles. The van der Waals surface area contributed by atoms with Crippen molar-refractivity contribution in [2.45, 2.75) is 95.7 Å². The molecule has 150 valence electrons. The number of carbonyl (C=O) groups excluding carboxylic acids is 1. The Morgan fingerprint density at radius 2 is 1.20 bits per heavy atom. The van der Waals surface area contributed by atoms with E-state index >= 15 is 0 Å². The Morgan fingerprint density at radius 3 is 1.72 bits per heavy atom. The van der Waals surface area contributed by atoms with Crippen LogP contribution in [-0.4, -0.2) is 58.4 Å². The fourth-order valence-corrected chi connectivity index (χ4v) is 2.72. The van der Waals surface area contributed by atoms with E-state index in [2.05, 4.69) is 0 Å². The maximum absolute atomic E-state index is 11.4. The van der Waals surface area contributed by atoms with Gasteiger partial charge >= 0.3 is 5.97 Å². The highest BCUT2D eigenvalue weighted by Crippen LogP contribution is 2.14. The van der Waals surface area contributed by atoms with Crippen LogP contribution in [0, 0.1) is 0 Å². The van der Waals surface area contributed by atoms with Crippen LogP contribution in [0.1, 0.15) is 83.5 Å². The minimum atomic E-state index is -0.798. The fourth-order valence-electron chi connectivity index (χ4n) is 2.72. The lowest BCUT2D eigenvalue weighted by Gasteiger charge is -2.12. The maximum atomic E-state index is 11.4. The van der Waals surface area contributed by atoms with Crippen molar-refractivity contribution in [1.29, 1.82) is 0 Å². The minimum absolute atomic E-state index is 0.199. The van der Waals surface area contributed by atoms with E-state index in [-0.39, 0.29) is 31.9 Å². The van der Waals surface area contributed by atoms with Gasteiger partial charge in [0.2, 0.25) is 0 Å². The van der Waals surface area contributed by atoms with Gasteiger partial charge < -0.3 is 25.2 Å². The molecule has 0 rings (SSSR count). The summed E-state index contributed by atoms with van der Waals surface area (Å²) in [6, 6.07) is 0. The Hall–Kier alpha value is -0.690. The van der Waals surface area contributed by atoms with E-state index in [0.29, 0.717) is 6.42 Å². The Morgan fingerprint density at radius 1 is 0.720 bits per heavy atom. The van der Waals surface area contributed by atoms with E-state index in [9.17, 15) is 9.90 Å². The molecule has 0 bridgehead atoms. The molecule has 0 spiro atoms. The van der Waals surface area contributed by atoms with Crippen molar-refractivity contribution in [2.75, 3.05) is 19.8 Å². The Bertz CT molecular complexity index is 294. The van der Waals surface area contributed by atoms with Gasteiger partial charge in [0.15, 0.2) is 0 Å². The Balaban J connectivity index is 3.34. The third-order valence-corrected chi connectivity index (χ3v) is 4.32. The highest BCUT2D eigenvalue weighted by molar-refractivity contribution is 5.69. The van der Waals surface area contributed by atoms with Crippen molar-refractivity contribution >= 4 is 5.97 Å². The number of rotatable bonds is 18. The van der Waals surface area contributed by atoms with Gasteiger partial charge in [0.1, 0.15) is 6.10 Å². The van der Waals surface area contributed by atoms with E-state index in [1.807, 2.05) is 0 Å². The summed E-state index contributed by atoms with van der Waals surface area (Å²) >= 11 is 0. The highest BCUT2D eigenvalue weighted by Gasteiger charge is 2.11. The summed E-state index contributed by atoms with van der Waals surface area (Å²) in [5, 5.41) is 36.2. The smallest absolute Gasteiger partial charge is 0.306 e. The van der Waals surface area contributed by atoms with E-state index in [1.54, 1.807) is 0 Å². The van der Waals surface area contributed by atoms with Gasteiger partial charge in [0.25, 0.3) is 0 Å². The summed E-state index contributed by atoms with van der Waals surface area (Å²) in [5.74, 6) is -0.366. The van der Waals surface area contributed by atoms with Crippen LogP contribution in [0.5, 0.6) is 0 Å². The number of ether oxygens (including phenoxy) is 1. The Labute approximate surface area is 152 Å². The van der Waals surface area contributed by atoms with E-state index in [4.69, 9.17) is 20.1 Å². The SMILES string of the molecule is O=C(CCCCCCCCC(O)CCCCCCO)OC(CO)CO. The first-order chi connectivity index (χ1) is 12.1. The van der Waals surface area contributed by atoms with Crippen molar-refractivity contribution in [1.82, 2.24) is 0 Å². The van der Waals surface area contributed by atoms with Crippen LogP contribution in [0.4, 0.5) is 0 Å². The number of aliphatic hydroxyl groups is 4. The normalized spacial score (nSPS) is 12.5. The standard InChI is InChI=1S/C19H38O6/c20-14-10-6-5-8-12-17(23)11-7-3-1-2-4-9-13-19(24)25-18(15-21)16-22/h17-18,20-23H,1-16H2. The zero-order chi connectivity index (χ0) is 18.8. The molecule has 25 heavy (non-hydrogen) atoms. The average molecular weight is 363 g/mol. The second kappa shape index (κ2) is 18.1. The summed E-state index contributed by atoms with van der Waals surface area (Å²) < 4.78 is 4.89. The number of hydrogen-bond acceptors (Lipinski definition) is 6. The molecule has 0 aliphatic heterocycles. The van der Waals surface area contributed by atoms with Crippen molar-refractivity contribution in [3.8, 4) is 0 Å². The van der Waals surface area contributed by atoms with Crippen LogP contribution in [0.2, 0.25) is 0 Å². The van der Waals surface area contributed by atoms with Gasteiger partial charge in [0, 0.05) is 13.0 Å². The molecule has 0 fully saturated rings. The van der Waals surface area contributed by atoms with Crippen LogP contribution >= 0.6 is 0 Å². The molecular formula is C19H38O6. The zero-order valence-electron chi connectivity index (χ0n) is 15.6. The van der Waals surface area contributed by atoms with Gasteiger partial charge in [-0.25, -0.2) is 0 Å². The predicted molar refractivity (Wildman–Crippen MR) is 97.2 cm³/mol. The number of unbranched alkanes of at least 4 members (excludes halogenated alkanes) is 8. The highest BCUT2D eigenvalue weighted by atomic mass is 16.6. The van der Waals surface area contributed by atoms with Crippen LogP contribution in [-0.2, 0) is 9.53 Å². The molecule has 0 aromatic heterocycles. The van der Waals surface area contributed by atoms with Gasteiger partial charge in [-0.2, -0.15) is 0 Å². The monoisotopic (exact) mass is 362 g/mol. The molecule has 6 heteroatoms. The summed E-state index contributed by atoms with van der Waals surface area (Å²) in [4.78, 5) is 11.4. The summed E-state index contributed by atoms with van der Waals surface area (Å²) in [6.45, 7) is -0.441. The predicted octanol–water partition coefficient (Wildman–Crippen LogP) is 2.31. The van der Waals surface area contributed by atoms with Crippen molar-refractivity contribution in [2.24, 2.45) is 0 Å². The second-order valence-electron chi connectivity index (χ2n) is 6.72. The lowest BCUT2D eigenvalue weighted by atomic mass is 10.0. The number of hydrogen-bond donors (Lipinski definition) is 4. The quantitative estimate of drug-likeness (QED) is 0.220. The molecule has 0 aromatic rings. The number of carbonyl (C=O) groups is 1. The third kappa shape index (κ3) is 16.5. The first kappa shape index (κ1) is 24.3. The Kier molecular flexibility index (Phi) is 17.6. The average Bonchev–Trinajstić information content (AvgIpc) is 2.61. The van der Waals surface area contributed by atoms with Crippen LogP contribution in [0.15, 0.2) is 0 Å². The molecule has 0 heterocycles. The van der Waals surface area contributed by atoms with E-state index in [0.717, 1.165) is 77.0 Å². The number of aliphatic hydroxyl groups excluding tert-OH is 4. The zero-order valence-corrected chi connectivity index (χ0v) is 15.6. The molecular weight excluding hydrogens is 324 g/mol. The summed E-state index contributed by atoms with van der Waals surface area (Å²) in [6.07, 6.45) is 11.1. The minimum Gasteiger partial charge on any atom is -0.457 e. The van der Waals surface area contributed by atoms with Gasteiger partial charge in [-0.05, 0) is 25.7 Å². The molecule has 1 atom stereocenters. The first-order valence-electron chi connectivity index (χ1n) is 9.84. The molecule has 0 amide bonds. The van der Waals surface area contributed by atoms with Crippen molar-refractivity contribution in [3.05, 3.63) is 0 Å². The van der Waals surface area contributed by atoms with Gasteiger partial charge in [-0.15, -0.1) is 0 Å². The van der Waals surface area contributed by atoms with Gasteiger partial charge in [0.05, 0.1) is 19.3 Å². The molecule has 0 aliphatic carbocycles. The van der Waals surface area contributed by atoms with Crippen LogP contribution in [0.3, 0.4) is 0 Å². The molecule has 6 nitrogen and oxygen atoms in total. The van der Waals surface area contributed by atoms with E-state index < -0.39 is 6.10 Å². The third-order valence-electron chi connectivity index (χ3n) is 4.32. The molecule has 0 radical (unpaired) electrons. The van der Waals surface area contributed by atoms with Crippen molar-refractivity contribution < 1.29 is 30.0 Å². The molecule has 0 aromatic carbocycles. The van der Waals surface area contributed by atoms with Crippen molar-refractivity contribution in [3.63, 3.8) is 0 Å². The maximum Gasteiger partial charge on any atom is 0.306 e. The number of esters is 1. The first-order valence-corrected chi connectivity index (χ1v) is 9.84. The largest absolute Gasteiger partial charge is 0.457 e. The van der Waals surface area contributed by atoms with Crippen LogP contribution < -0.4 is 0 Å². The summed E-state index contributed by atoms with van der Waals surface area (Å²) in [7, 11) is 0. The molecule has 0 saturated heterocycles. The topological polar surface area (TPSA) is 107 Å². The lowest BCUT2D eigenvalue weighted by molar-refractivity contribution is -0.153. The molecule has 1 unspecified atom stereocenters. The van der Waals surface area contributed by atoms with Gasteiger partial charge in [-0.3, -0.25) is 4.79 Å². The molecule has 4 N–H and O–H groups in total.